The van der Waals surface area contributed by atoms with Gasteiger partial charge in [-0.1, -0.05) is 11.6 Å². The van der Waals surface area contributed by atoms with E-state index in [0.717, 1.165) is 12.4 Å². The highest BCUT2D eigenvalue weighted by Gasteiger charge is 2.17. The highest BCUT2D eigenvalue weighted by atomic mass is 35.5. The number of nitrogens with one attached hydrogen (secondary N) is 2. The van der Waals surface area contributed by atoms with Crippen molar-refractivity contribution in [3.05, 3.63) is 77.0 Å². The fourth-order valence-electron chi connectivity index (χ4n) is 2.04. The average Bonchev–Trinajstić information content (AvgIpc) is 2.64. The molecule has 0 spiro atoms. The number of carbonyl (C=O) groups excluding carboxylic acids is 1. The van der Waals surface area contributed by atoms with E-state index in [0.29, 0.717) is 22.6 Å². The monoisotopic (exact) mass is 378 g/mol. The number of rotatable bonds is 4. The highest BCUT2D eigenvalue weighted by Crippen LogP contribution is 2.21. The van der Waals surface area contributed by atoms with Crippen LogP contribution in [0.1, 0.15) is 10.5 Å². The molecule has 0 saturated carbocycles. The smallest absolute Gasteiger partial charge is 0.274 e. The van der Waals surface area contributed by atoms with Crippen molar-refractivity contribution in [1.82, 2.24) is 9.97 Å². The second-order valence-electron chi connectivity index (χ2n) is 5.10. The van der Waals surface area contributed by atoms with Crippen LogP contribution < -0.4 is 10.6 Å². The van der Waals surface area contributed by atoms with Crippen molar-refractivity contribution < 1.29 is 18.0 Å². The number of halogens is 4. The Morgan fingerprint density at radius 3 is 2.42 bits per heavy atom. The van der Waals surface area contributed by atoms with Crippen LogP contribution in [-0.2, 0) is 0 Å². The lowest BCUT2D eigenvalue weighted by Crippen LogP contribution is -2.16. The maximum Gasteiger partial charge on any atom is 0.274 e. The predicted molar refractivity (Wildman–Crippen MR) is 91.0 cm³/mol. The lowest BCUT2D eigenvalue weighted by Gasteiger charge is -2.09. The number of amides is 1. The third-order valence-corrected chi connectivity index (χ3v) is 3.55. The molecule has 1 heterocycles. The van der Waals surface area contributed by atoms with E-state index in [1.165, 1.54) is 6.07 Å². The maximum absolute atomic E-state index is 13.7. The van der Waals surface area contributed by atoms with E-state index in [2.05, 4.69) is 20.6 Å². The van der Waals surface area contributed by atoms with Gasteiger partial charge in [0.25, 0.3) is 5.91 Å². The zero-order valence-corrected chi connectivity index (χ0v) is 13.7. The van der Waals surface area contributed by atoms with E-state index in [9.17, 15) is 18.0 Å². The molecule has 0 atom stereocenters. The molecule has 5 nitrogen and oxygen atoms in total. The lowest BCUT2D eigenvalue weighted by atomic mass is 10.2. The highest BCUT2D eigenvalue weighted by molar-refractivity contribution is 6.30. The van der Waals surface area contributed by atoms with Gasteiger partial charge in [0.2, 0.25) is 0 Å². The van der Waals surface area contributed by atoms with Gasteiger partial charge in [0.15, 0.2) is 17.5 Å². The van der Waals surface area contributed by atoms with Gasteiger partial charge in [0.05, 0.1) is 5.69 Å². The molecular weight excluding hydrogens is 369 g/mol. The van der Waals surface area contributed by atoms with Gasteiger partial charge < -0.3 is 10.6 Å². The molecule has 2 aromatic carbocycles. The third kappa shape index (κ3) is 3.92. The molecule has 0 saturated heterocycles. The SMILES string of the molecule is O=C(Nc1ccc(F)c(F)c1F)c1cc(Nc2ccc(Cl)cc2)ncn1. The Morgan fingerprint density at radius 1 is 0.962 bits per heavy atom. The summed E-state index contributed by atoms with van der Waals surface area (Å²) in [4.78, 5) is 19.9. The summed E-state index contributed by atoms with van der Waals surface area (Å²) in [5.74, 6) is -5.02. The summed E-state index contributed by atoms with van der Waals surface area (Å²) >= 11 is 5.80. The van der Waals surface area contributed by atoms with E-state index < -0.39 is 29.0 Å². The maximum atomic E-state index is 13.7. The van der Waals surface area contributed by atoms with Gasteiger partial charge in [0, 0.05) is 16.8 Å². The molecule has 26 heavy (non-hydrogen) atoms. The summed E-state index contributed by atoms with van der Waals surface area (Å²) in [7, 11) is 0. The van der Waals surface area contributed by atoms with E-state index in [1.54, 1.807) is 24.3 Å². The largest absolute Gasteiger partial charge is 0.340 e. The Kier molecular flexibility index (Phi) is 5.04. The number of hydrogen-bond acceptors (Lipinski definition) is 4. The molecule has 0 aliphatic rings. The molecule has 1 aromatic heterocycles. The van der Waals surface area contributed by atoms with Crippen LogP contribution in [0.5, 0.6) is 0 Å². The van der Waals surface area contributed by atoms with Crippen molar-refractivity contribution >= 4 is 34.7 Å². The molecule has 0 bridgehead atoms. The number of anilines is 3. The van der Waals surface area contributed by atoms with Gasteiger partial charge in [-0.25, -0.2) is 23.1 Å². The second-order valence-corrected chi connectivity index (χ2v) is 5.53. The van der Waals surface area contributed by atoms with Gasteiger partial charge in [-0.3, -0.25) is 4.79 Å². The normalized spacial score (nSPS) is 10.5. The Balaban J connectivity index is 1.78. The first kappa shape index (κ1) is 17.7. The first-order chi connectivity index (χ1) is 12.4. The van der Waals surface area contributed by atoms with Gasteiger partial charge >= 0.3 is 0 Å². The molecule has 0 aliphatic carbocycles. The number of aromatic nitrogens is 2. The Bertz CT molecular complexity index is 967. The van der Waals surface area contributed by atoms with Crippen molar-refractivity contribution in [1.29, 1.82) is 0 Å². The summed E-state index contributed by atoms with van der Waals surface area (Å²) in [5.41, 5.74) is 0.0754. The standard InChI is InChI=1S/C17H10ClF3N4O/c18-9-1-3-10(4-2-9)24-14-7-13(22-8-23-14)17(26)25-12-6-5-11(19)15(20)16(12)21/h1-8H,(H,25,26)(H,22,23,24). The van der Waals surface area contributed by atoms with Crippen LogP contribution in [0.2, 0.25) is 5.02 Å². The third-order valence-electron chi connectivity index (χ3n) is 3.30. The average molecular weight is 379 g/mol. The first-order valence-electron chi connectivity index (χ1n) is 7.23. The number of nitrogens with zero attached hydrogens (tertiary/aromatic N) is 2. The fraction of sp³-hybridized carbons (Fsp3) is 0. The second kappa shape index (κ2) is 7.40. The molecule has 3 rings (SSSR count). The number of hydrogen-bond donors (Lipinski definition) is 2. The Hall–Kier alpha value is -3.13. The number of benzene rings is 2. The van der Waals surface area contributed by atoms with Crippen molar-refractivity contribution in [2.45, 2.75) is 0 Å². The van der Waals surface area contributed by atoms with Gasteiger partial charge in [-0.15, -0.1) is 0 Å². The molecule has 1 amide bonds. The molecule has 2 N–H and O–H groups in total. The first-order valence-corrected chi connectivity index (χ1v) is 7.61. The molecule has 9 heteroatoms. The Morgan fingerprint density at radius 2 is 1.69 bits per heavy atom. The van der Waals surface area contributed by atoms with Crippen LogP contribution in [0, 0.1) is 17.5 Å². The quantitative estimate of drug-likeness (QED) is 0.654. The van der Waals surface area contributed by atoms with Crippen molar-refractivity contribution in [2.24, 2.45) is 0 Å². The van der Waals surface area contributed by atoms with Crippen LogP contribution in [0.25, 0.3) is 0 Å². The minimum atomic E-state index is -1.67. The lowest BCUT2D eigenvalue weighted by molar-refractivity contribution is 0.102. The Labute approximate surface area is 150 Å². The van der Waals surface area contributed by atoms with Crippen molar-refractivity contribution in [3.63, 3.8) is 0 Å². The minimum Gasteiger partial charge on any atom is -0.340 e. The van der Waals surface area contributed by atoms with Gasteiger partial charge in [-0.05, 0) is 36.4 Å². The van der Waals surface area contributed by atoms with Crippen LogP contribution in [0.15, 0.2) is 48.8 Å². The summed E-state index contributed by atoms with van der Waals surface area (Å²) in [5, 5.41) is 5.64. The molecular formula is C17H10ClF3N4O. The topological polar surface area (TPSA) is 66.9 Å². The van der Waals surface area contributed by atoms with Crippen LogP contribution >= 0.6 is 11.6 Å². The fourth-order valence-corrected chi connectivity index (χ4v) is 2.17. The minimum absolute atomic E-state index is 0.0967. The van der Waals surface area contributed by atoms with Gasteiger partial charge in [-0.2, -0.15) is 0 Å². The van der Waals surface area contributed by atoms with Crippen LogP contribution in [0.3, 0.4) is 0 Å². The van der Waals surface area contributed by atoms with Crippen LogP contribution in [0.4, 0.5) is 30.4 Å². The molecule has 0 radical (unpaired) electrons. The van der Waals surface area contributed by atoms with Gasteiger partial charge in [0.1, 0.15) is 17.8 Å². The van der Waals surface area contributed by atoms with E-state index in [4.69, 9.17) is 11.6 Å². The molecule has 0 unspecified atom stereocenters. The molecule has 132 valence electrons. The van der Waals surface area contributed by atoms with E-state index in [1.807, 2.05) is 0 Å². The molecule has 0 aliphatic heterocycles. The summed E-state index contributed by atoms with van der Waals surface area (Å²) in [6, 6.07) is 9.71. The zero-order valence-electron chi connectivity index (χ0n) is 12.9. The van der Waals surface area contributed by atoms with Crippen molar-refractivity contribution in [2.75, 3.05) is 10.6 Å². The van der Waals surface area contributed by atoms with Crippen LogP contribution in [-0.4, -0.2) is 15.9 Å². The summed E-state index contributed by atoms with van der Waals surface area (Å²) in [6.45, 7) is 0. The number of carbonyl (C=O) groups is 1. The summed E-state index contributed by atoms with van der Waals surface area (Å²) in [6.07, 6.45) is 1.13. The predicted octanol–water partition coefficient (Wildman–Crippen LogP) is 4.54. The molecule has 3 aromatic rings. The summed E-state index contributed by atoms with van der Waals surface area (Å²) < 4.78 is 39.8. The van der Waals surface area contributed by atoms with Crippen molar-refractivity contribution in [3.8, 4) is 0 Å². The van der Waals surface area contributed by atoms with E-state index >= 15 is 0 Å². The molecule has 0 fully saturated rings. The van der Waals surface area contributed by atoms with E-state index in [-0.39, 0.29) is 5.69 Å². The zero-order chi connectivity index (χ0) is 18.7.